The van der Waals surface area contributed by atoms with E-state index in [0.717, 1.165) is 31.2 Å². The lowest BCUT2D eigenvalue weighted by molar-refractivity contribution is -0.157. The molecule has 27 heavy (non-hydrogen) atoms. The first-order valence-electron chi connectivity index (χ1n) is 10.0. The van der Waals surface area contributed by atoms with Gasteiger partial charge in [0.2, 0.25) is 5.91 Å². The van der Waals surface area contributed by atoms with Crippen molar-refractivity contribution in [1.29, 1.82) is 0 Å². The number of hydrogen-bond donors (Lipinski definition) is 1. The normalized spacial score (nSPS) is 19.6. The second kappa shape index (κ2) is 9.53. The van der Waals surface area contributed by atoms with Gasteiger partial charge in [-0.3, -0.25) is 14.4 Å². The lowest BCUT2D eigenvalue weighted by Crippen LogP contribution is -2.56. The maximum atomic E-state index is 12.4. The topological polar surface area (TPSA) is 69.7 Å². The van der Waals surface area contributed by atoms with Gasteiger partial charge in [0.05, 0.1) is 0 Å². The standard InChI is InChI=1S/C21H29N3O3/c25-19(22-18-11-7-2-1-3-8-12-18)16-24-14-13-23(20(26)21(24)27)15-17-9-5-4-6-10-17/h4-6,9-10,18H,1-3,7-8,11-16H2,(H,22,25). The van der Waals surface area contributed by atoms with E-state index in [1.54, 1.807) is 4.90 Å². The van der Waals surface area contributed by atoms with E-state index in [4.69, 9.17) is 0 Å². The summed E-state index contributed by atoms with van der Waals surface area (Å²) < 4.78 is 0. The van der Waals surface area contributed by atoms with Crippen LogP contribution in [0.1, 0.15) is 50.5 Å². The third-order valence-corrected chi connectivity index (χ3v) is 5.42. The Morgan fingerprint density at radius 1 is 0.889 bits per heavy atom. The van der Waals surface area contributed by atoms with Crippen LogP contribution in [-0.2, 0) is 20.9 Å². The van der Waals surface area contributed by atoms with E-state index in [1.165, 1.54) is 24.2 Å². The zero-order valence-corrected chi connectivity index (χ0v) is 15.9. The molecule has 0 atom stereocenters. The molecule has 1 aromatic carbocycles. The number of piperazine rings is 1. The van der Waals surface area contributed by atoms with Crippen LogP contribution in [0.15, 0.2) is 30.3 Å². The van der Waals surface area contributed by atoms with Gasteiger partial charge in [0.25, 0.3) is 0 Å². The van der Waals surface area contributed by atoms with Gasteiger partial charge < -0.3 is 15.1 Å². The Balaban J connectivity index is 1.49. The molecule has 6 heteroatoms. The molecule has 1 aromatic rings. The van der Waals surface area contributed by atoms with E-state index in [1.807, 2.05) is 30.3 Å². The fourth-order valence-corrected chi connectivity index (χ4v) is 3.87. The fourth-order valence-electron chi connectivity index (χ4n) is 3.87. The van der Waals surface area contributed by atoms with Gasteiger partial charge in [-0.1, -0.05) is 62.4 Å². The van der Waals surface area contributed by atoms with Crippen LogP contribution in [-0.4, -0.2) is 53.2 Å². The number of rotatable bonds is 5. The molecule has 1 heterocycles. The van der Waals surface area contributed by atoms with Crippen molar-refractivity contribution in [2.45, 2.75) is 57.5 Å². The van der Waals surface area contributed by atoms with E-state index in [-0.39, 0.29) is 18.5 Å². The molecule has 2 aliphatic rings. The minimum Gasteiger partial charge on any atom is -0.352 e. The highest BCUT2D eigenvalue weighted by Gasteiger charge is 2.33. The molecule has 0 spiro atoms. The Morgan fingerprint density at radius 2 is 1.48 bits per heavy atom. The second-order valence-electron chi connectivity index (χ2n) is 7.55. The molecular weight excluding hydrogens is 342 g/mol. The summed E-state index contributed by atoms with van der Waals surface area (Å²) in [4.78, 5) is 40.1. The molecule has 0 bridgehead atoms. The smallest absolute Gasteiger partial charge is 0.312 e. The van der Waals surface area contributed by atoms with E-state index < -0.39 is 11.8 Å². The van der Waals surface area contributed by atoms with Crippen molar-refractivity contribution in [2.24, 2.45) is 0 Å². The first-order valence-corrected chi connectivity index (χ1v) is 10.0. The highest BCUT2D eigenvalue weighted by atomic mass is 16.2. The lowest BCUT2D eigenvalue weighted by atomic mass is 9.97. The molecule has 0 aromatic heterocycles. The van der Waals surface area contributed by atoms with Gasteiger partial charge in [0.15, 0.2) is 0 Å². The lowest BCUT2D eigenvalue weighted by Gasteiger charge is -2.33. The fraction of sp³-hybridized carbons (Fsp3) is 0.571. The van der Waals surface area contributed by atoms with Gasteiger partial charge in [-0.2, -0.15) is 0 Å². The van der Waals surface area contributed by atoms with Crippen molar-refractivity contribution in [1.82, 2.24) is 15.1 Å². The number of carbonyl (C=O) groups is 3. The average molecular weight is 371 g/mol. The molecule has 0 unspecified atom stereocenters. The Labute approximate surface area is 160 Å². The van der Waals surface area contributed by atoms with Crippen molar-refractivity contribution in [2.75, 3.05) is 19.6 Å². The van der Waals surface area contributed by atoms with E-state index in [9.17, 15) is 14.4 Å². The van der Waals surface area contributed by atoms with Gasteiger partial charge in [-0.15, -0.1) is 0 Å². The van der Waals surface area contributed by atoms with E-state index in [2.05, 4.69) is 5.32 Å². The van der Waals surface area contributed by atoms with Crippen LogP contribution in [0.4, 0.5) is 0 Å². The van der Waals surface area contributed by atoms with E-state index >= 15 is 0 Å². The van der Waals surface area contributed by atoms with Gasteiger partial charge in [0.1, 0.15) is 6.54 Å². The van der Waals surface area contributed by atoms with Crippen molar-refractivity contribution < 1.29 is 14.4 Å². The zero-order chi connectivity index (χ0) is 19.1. The summed E-state index contributed by atoms with van der Waals surface area (Å²) >= 11 is 0. The Kier molecular flexibility index (Phi) is 6.85. The number of benzene rings is 1. The maximum Gasteiger partial charge on any atom is 0.312 e. The Morgan fingerprint density at radius 3 is 2.19 bits per heavy atom. The first kappa shape index (κ1) is 19.4. The van der Waals surface area contributed by atoms with Crippen molar-refractivity contribution in [3.63, 3.8) is 0 Å². The zero-order valence-electron chi connectivity index (χ0n) is 15.9. The molecule has 1 saturated heterocycles. The molecule has 3 rings (SSSR count). The van der Waals surface area contributed by atoms with Crippen molar-refractivity contribution in [3.8, 4) is 0 Å². The molecular formula is C21H29N3O3. The molecule has 146 valence electrons. The first-order chi connectivity index (χ1) is 13.1. The Hall–Kier alpha value is -2.37. The second-order valence-corrected chi connectivity index (χ2v) is 7.55. The van der Waals surface area contributed by atoms with Crippen LogP contribution in [0.3, 0.4) is 0 Å². The summed E-state index contributed by atoms with van der Waals surface area (Å²) in [7, 11) is 0. The average Bonchev–Trinajstić information content (AvgIpc) is 2.64. The van der Waals surface area contributed by atoms with Crippen LogP contribution < -0.4 is 5.32 Å². The maximum absolute atomic E-state index is 12.4. The third kappa shape index (κ3) is 5.55. The molecule has 1 saturated carbocycles. The quantitative estimate of drug-likeness (QED) is 0.806. The van der Waals surface area contributed by atoms with Crippen LogP contribution >= 0.6 is 0 Å². The molecule has 6 nitrogen and oxygen atoms in total. The molecule has 1 aliphatic carbocycles. The monoisotopic (exact) mass is 371 g/mol. The number of nitrogens with one attached hydrogen (secondary N) is 1. The number of hydrogen-bond acceptors (Lipinski definition) is 3. The Bertz CT molecular complexity index is 654. The van der Waals surface area contributed by atoms with Crippen LogP contribution in [0.25, 0.3) is 0 Å². The SMILES string of the molecule is O=C(CN1CCN(Cc2ccccc2)C(=O)C1=O)NC1CCCCCCC1. The van der Waals surface area contributed by atoms with Crippen LogP contribution in [0.5, 0.6) is 0 Å². The minimum atomic E-state index is -0.579. The third-order valence-electron chi connectivity index (χ3n) is 5.42. The molecule has 3 amide bonds. The van der Waals surface area contributed by atoms with E-state index in [0.29, 0.717) is 19.6 Å². The summed E-state index contributed by atoms with van der Waals surface area (Å²) in [5.41, 5.74) is 0.995. The summed E-state index contributed by atoms with van der Waals surface area (Å²) in [6, 6.07) is 9.82. The molecule has 2 fully saturated rings. The van der Waals surface area contributed by atoms with Crippen molar-refractivity contribution in [3.05, 3.63) is 35.9 Å². The van der Waals surface area contributed by atoms with Gasteiger partial charge in [-0.25, -0.2) is 0 Å². The van der Waals surface area contributed by atoms with Gasteiger partial charge in [0, 0.05) is 25.7 Å². The summed E-state index contributed by atoms with van der Waals surface area (Å²) in [6.07, 6.45) is 8.02. The largest absolute Gasteiger partial charge is 0.352 e. The highest BCUT2D eigenvalue weighted by molar-refractivity contribution is 6.35. The number of nitrogens with zero attached hydrogens (tertiary/aromatic N) is 2. The molecule has 1 N–H and O–H groups in total. The highest BCUT2D eigenvalue weighted by Crippen LogP contribution is 2.17. The van der Waals surface area contributed by atoms with Crippen molar-refractivity contribution >= 4 is 17.7 Å². The molecule has 0 radical (unpaired) electrons. The van der Waals surface area contributed by atoms with Crippen LogP contribution in [0, 0.1) is 0 Å². The predicted octanol–water partition coefficient (Wildman–Crippen LogP) is 2.09. The predicted molar refractivity (Wildman–Crippen MR) is 103 cm³/mol. The molecule has 1 aliphatic heterocycles. The summed E-state index contributed by atoms with van der Waals surface area (Å²) in [6.45, 7) is 1.25. The van der Waals surface area contributed by atoms with Crippen LogP contribution in [0.2, 0.25) is 0 Å². The number of carbonyl (C=O) groups excluding carboxylic acids is 3. The summed E-state index contributed by atoms with van der Waals surface area (Å²) in [5, 5.41) is 3.06. The summed E-state index contributed by atoms with van der Waals surface area (Å²) in [5.74, 6) is -1.26. The minimum absolute atomic E-state index is 0.0275. The van der Waals surface area contributed by atoms with Gasteiger partial charge >= 0.3 is 11.8 Å². The number of amides is 3. The van der Waals surface area contributed by atoms with Gasteiger partial charge in [-0.05, 0) is 18.4 Å².